The largest absolute Gasteiger partial charge is 0.350 e. The van der Waals surface area contributed by atoms with Crippen LogP contribution in [0.25, 0.3) is 10.9 Å². The first-order valence-corrected chi connectivity index (χ1v) is 7.84. The van der Waals surface area contributed by atoms with Crippen LogP contribution < -0.4 is 4.90 Å². The van der Waals surface area contributed by atoms with E-state index in [2.05, 4.69) is 9.97 Å². The molecule has 2 aromatic carbocycles. The Morgan fingerprint density at radius 3 is 2.46 bits per heavy atom. The first-order chi connectivity index (χ1) is 11.6. The van der Waals surface area contributed by atoms with Gasteiger partial charge in [-0.15, -0.1) is 0 Å². The molecule has 5 nitrogen and oxygen atoms in total. The molecule has 5 heteroatoms. The predicted molar refractivity (Wildman–Crippen MR) is 95.7 cm³/mol. The molecule has 0 saturated heterocycles. The number of amides is 1. The fourth-order valence-corrected chi connectivity index (χ4v) is 2.64. The van der Waals surface area contributed by atoms with E-state index in [0.29, 0.717) is 6.54 Å². The number of likely N-dealkylation sites (N-methyl/N-ethyl adjacent to an activating group) is 2. The molecule has 3 rings (SSSR count). The van der Waals surface area contributed by atoms with Gasteiger partial charge >= 0.3 is 0 Å². The molecule has 1 amide bonds. The Labute approximate surface area is 141 Å². The van der Waals surface area contributed by atoms with Gasteiger partial charge < -0.3 is 9.80 Å². The van der Waals surface area contributed by atoms with Gasteiger partial charge in [0.1, 0.15) is 12.1 Å². The first-order valence-electron chi connectivity index (χ1n) is 7.84. The van der Waals surface area contributed by atoms with Crippen molar-refractivity contribution in [3.63, 3.8) is 0 Å². The Morgan fingerprint density at radius 2 is 1.67 bits per heavy atom. The Morgan fingerprint density at radius 1 is 0.958 bits per heavy atom. The zero-order valence-electron chi connectivity index (χ0n) is 13.9. The number of rotatable bonds is 5. The number of aromatic nitrogens is 2. The lowest BCUT2D eigenvalue weighted by atomic mass is 10.2. The Bertz CT molecular complexity index is 830. The molecule has 0 unspecified atom stereocenters. The third-order valence-electron chi connectivity index (χ3n) is 3.94. The summed E-state index contributed by atoms with van der Waals surface area (Å²) in [5.41, 5.74) is 1.99. The molecule has 1 aromatic heterocycles. The van der Waals surface area contributed by atoms with E-state index in [4.69, 9.17) is 0 Å². The summed E-state index contributed by atoms with van der Waals surface area (Å²) in [5, 5.41) is 0.945. The maximum atomic E-state index is 12.5. The molecule has 0 aliphatic carbocycles. The number of hydrogen-bond donors (Lipinski definition) is 0. The van der Waals surface area contributed by atoms with Crippen LogP contribution in [0, 0.1) is 0 Å². The van der Waals surface area contributed by atoms with Crippen LogP contribution in [0.1, 0.15) is 5.56 Å². The molecule has 0 N–H and O–H groups in total. The summed E-state index contributed by atoms with van der Waals surface area (Å²) >= 11 is 0. The van der Waals surface area contributed by atoms with E-state index in [1.54, 1.807) is 4.90 Å². The summed E-state index contributed by atoms with van der Waals surface area (Å²) in [4.78, 5) is 24.7. The molecule has 122 valence electrons. The number of hydrogen-bond acceptors (Lipinski definition) is 4. The molecule has 0 radical (unpaired) electrons. The molecule has 3 aromatic rings. The minimum Gasteiger partial charge on any atom is -0.350 e. The summed E-state index contributed by atoms with van der Waals surface area (Å²) in [7, 11) is 3.70. The van der Waals surface area contributed by atoms with Gasteiger partial charge in [0, 0.05) is 26.0 Å². The quantitative estimate of drug-likeness (QED) is 0.725. The van der Waals surface area contributed by atoms with Crippen molar-refractivity contribution in [2.24, 2.45) is 0 Å². The van der Waals surface area contributed by atoms with E-state index in [1.807, 2.05) is 73.6 Å². The van der Waals surface area contributed by atoms with Crippen LogP contribution in [-0.2, 0) is 11.3 Å². The van der Waals surface area contributed by atoms with Crippen molar-refractivity contribution < 1.29 is 4.79 Å². The van der Waals surface area contributed by atoms with Crippen molar-refractivity contribution in [3.05, 3.63) is 66.5 Å². The van der Waals surface area contributed by atoms with Gasteiger partial charge in [-0.3, -0.25) is 4.79 Å². The van der Waals surface area contributed by atoms with E-state index in [0.717, 1.165) is 22.3 Å². The highest BCUT2D eigenvalue weighted by Crippen LogP contribution is 2.21. The number of carbonyl (C=O) groups is 1. The predicted octanol–water partition coefficient (Wildman–Crippen LogP) is 2.72. The Hall–Kier alpha value is -2.95. The lowest BCUT2D eigenvalue weighted by Gasteiger charge is -2.23. The average Bonchev–Trinajstić information content (AvgIpc) is 2.62. The summed E-state index contributed by atoms with van der Waals surface area (Å²) in [6.07, 6.45) is 1.53. The highest BCUT2D eigenvalue weighted by molar-refractivity contribution is 5.91. The third kappa shape index (κ3) is 3.51. The number of anilines is 1. The molecular formula is C19H20N4O. The summed E-state index contributed by atoms with van der Waals surface area (Å²) < 4.78 is 0. The molecular weight excluding hydrogens is 300 g/mol. The van der Waals surface area contributed by atoms with Gasteiger partial charge in [-0.1, -0.05) is 42.5 Å². The molecule has 0 fully saturated rings. The van der Waals surface area contributed by atoms with Crippen LogP contribution in [0.4, 0.5) is 5.82 Å². The van der Waals surface area contributed by atoms with Gasteiger partial charge in [-0.25, -0.2) is 9.97 Å². The van der Waals surface area contributed by atoms with Gasteiger partial charge in [-0.05, 0) is 17.7 Å². The van der Waals surface area contributed by atoms with Crippen molar-refractivity contribution in [3.8, 4) is 0 Å². The standard InChI is InChI=1S/C19H20N4O/c1-22(12-15-8-4-3-5-9-15)18(24)13-23(2)19-16-10-6-7-11-17(16)20-14-21-19/h3-11,14H,12-13H2,1-2H3. The van der Waals surface area contributed by atoms with Gasteiger partial charge in [0.25, 0.3) is 0 Å². The fourth-order valence-electron chi connectivity index (χ4n) is 2.64. The zero-order valence-corrected chi connectivity index (χ0v) is 13.9. The molecule has 1 heterocycles. The second kappa shape index (κ2) is 7.08. The van der Waals surface area contributed by atoms with Crippen molar-refractivity contribution in [1.82, 2.24) is 14.9 Å². The normalized spacial score (nSPS) is 10.6. The highest BCUT2D eigenvalue weighted by atomic mass is 16.2. The number of fused-ring (bicyclic) bond motifs is 1. The van der Waals surface area contributed by atoms with Crippen molar-refractivity contribution in [2.45, 2.75) is 6.54 Å². The SMILES string of the molecule is CN(Cc1ccccc1)C(=O)CN(C)c1ncnc2ccccc12. The monoisotopic (exact) mass is 320 g/mol. The molecule has 0 bridgehead atoms. The van der Waals surface area contributed by atoms with Crippen LogP contribution in [0.3, 0.4) is 0 Å². The second-order valence-corrected chi connectivity index (χ2v) is 5.81. The molecule has 0 aliphatic heterocycles. The van der Waals surface area contributed by atoms with E-state index in [1.165, 1.54) is 6.33 Å². The molecule has 0 spiro atoms. The average molecular weight is 320 g/mol. The molecule has 24 heavy (non-hydrogen) atoms. The van der Waals surface area contributed by atoms with Crippen LogP contribution in [0.2, 0.25) is 0 Å². The lowest BCUT2D eigenvalue weighted by molar-refractivity contribution is -0.128. The second-order valence-electron chi connectivity index (χ2n) is 5.81. The Kier molecular flexibility index (Phi) is 4.70. The molecule has 0 aliphatic rings. The number of carbonyl (C=O) groups excluding carboxylic acids is 1. The van der Waals surface area contributed by atoms with E-state index < -0.39 is 0 Å². The van der Waals surface area contributed by atoms with Gasteiger partial charge in [0.05, 0.1) is 12.1 Å². The maximum Gasteiger partial charge on any atom is 0.242 e. The minimum atomic E-state index is 0.0454. The summed E-state index contributed by atoms with van der Waals surface area (Å²) in [6, 6.07) is 17.8. The number of nitrogens with zero attached hydrogens (tertiary/aromatic N) is 4. The molecule has 0 saturated carbocycles. The fraction of sp³-hybridized carbons (Fsp3) is 0.211. The molecule has 0 atom stereocenters. The maximum absolute atomic E-state index is 12.5. The minimum absolute atomic E-state index is 0.0454. The summed E-state index contributed by atoms with van der Waals surface area (Å²) in [6.45, 7) is 0.863. The lowest BCUT2D eigenvalue weighted by Crippen LogP contribution is -2.36. The highest BCUT2D eigenvalue weighted by Gasteiger charge is 2.15. The van der Waals surface area contributed by atoms with Crippen LogP contribution in [-0.4, -0.2) is 41.4 Å². The van der Waals surface area contributed by atoms with E-state index in [-0.39, 0.29) is 12.5 Å². The van der Waals surface area contributed by atoms with Crippen molar-refractivity contribution >= 4 is 22.6 Å². The first kappa shape index (κ1) is 15.9. The Balaban J connectivity index is 1.71. The van der Waals surface area contributed by atoms with Crippen LogP contribution in [0.5, 0.6) is 0 Å². The summed E-state index contributed by atoms with van der Waals surface area (Å²) in [5.74, 6) is 0.811. The van der Waals surface area contributed by atoms with Crippen LogP contribution >= 0.6 is 0 Å². The van der Waals surface area contributed by atoms with E-state index in [9.17, 15) is 4.79 Å². The van der Waals surface area contributed by atoms with Crippen molar-refractivity contribution in [2.75, 3.05) is 25.5 Å². The third-order valence-corrected chi connectivity index (χ3v) is 3.94. The smallest absolute Gasteiger partial charge is 0.242 e. The zero-order chi connectivity index (χ0) is 16.9. The van der Waals surface area contributed by atoms with E-state index >= 15 is 0 Å². The topological polar surface area (TPSA) is 49.3 Å². The number of benzene rings is 2. The number of para-hydroxylation sites is 1. The van der Waals surface area contributed by atoms with Crippen molar-refractivity contribution in [1.29, 1.82) is 0 Å². The van der Waals surface area contributed by atoms with Crippen LogP contribution in [0.15, 0.2) is 60.9 Å². The van der Waals surface area contributed by atoms with Gasteiger partial charge in [0.2, 0.25) is 5.91 Å². The van der Waals surface area contributed by atoms with Gasteiger partial charge in [0.15, 0.2) is 0 Å². The van der Waals surface area contributed by atoms with Gasteiger partial charge in [-0.2, -0.15) is 0 Å².